The highest BCUT2D eigenvalue weighted by Gasteiger charge is 2.32. The molecule has 0 aliphatic heterocycles. The zero-order valence-electron chi connectivity index (χ0n) is 14.7. The first kappa shape index (κ1) is 20.8. The lowest BCUT2D eigenvalue weighted by Crippen LogP contribution is -2.07. The molecule has 0 fully saturated rings. The number of alkyl halides is 3. The molecule has 3 aromatic heterocycles. The van der Waals surface area contributed by atoms with E-state index in [1.807, 2.05) is 0 Å². The van der Waals surface area contributed by atoms with Crippen molar-refractivity contribution in [2.24, 2.45) is 5.16 Å². The van der Waals surface area contributed by atoms with Gasteiger partial charge in [-0.2, -0.15) is 18.2 Å². The van der Waals surface area contributed by atoms with Crippen LogP contribution in [0.15, 0.2) is 17.4 Å². The van der Waals surface area contributed by atoms with E-state index in [1.165, 1.54) is 11.6 Å². The molecule has 3 heterocycles. The summed E-state index contributed by atoms with van der Waals surface area (Å²) in [7, 11) is 1.31. The Balaban J connectivity index is 1.76. The van der Waals surface area contributed by atoms with Crippen LogP contribution in [0.25, 0.3) is 4.96 Å². The lowest BCUT2D eigenvalue weighted by atomic mass is 10.3. The summed E-state index contributed by atoms with van der Waals surface area (Å²) in [5.41, 5.74) is -0.393. The Bertz CT molecular complexity index is 1080. The van der Waals surface area contributed by atoms with Crippen LogP contribution >= 0.6 is 22.9 Å². The number of nitrogens with zero attached hydrogens (tertiary/aromatic N) is 5. The molecule has 9 nitrogen and oxygen atoms in total. The highest BCUT2D eigenvalue weighted by Crippen LogP contribution is 2.34. The van der Waals surface area contributed by atoms with Crippen LogP contribution in [0.5, 0.6) is 11.9 Å². The molecule has 0 saturated heterocycles. The van der Waals surface area contributed by atoms with Crippen LogP contribution in [0, 0.1) is 6.92 Å². The molecule has 0 atom stereocenters. The first-order valence-corrected chi connectivity index (χ1v) is 8.88. The van der Waals surface area contributed by atoms with E-state index in [1.54, 1.807) is 6.92 Å². The predicted octanol–water partition coefficient (Wildman–Crippen LogP) is 3.63. The molecular formula is C15H11ClF3N5O4S. The van der Waals surface area contributed by atoms with Gasteiger partial charge < -0.3 is 14.3 Å². The van der Waals surface area contributed by atoms with Crippen LogP contribution in [-0.2, 0) is 27.0 Å². The zero-order valence-corrected chi connectivity index (χ0v) is 16.3. The topological polar surface area (TPSA) is 100 Å². The number of ether oxygens (including phenoxy) is 2. The Morgan fingerprint density at radius 1 is 1.45 bits per heavy atom. The van der Waals surface area contributed by atoms with E-state index in [2.05, 4.69) is 25.1 Å². The number of fused-ring (bicyclic) bond motifs is 1. The van der Waals surface area contributed by atoms with Crippen molar-refractivity contribution in [3.05, 3.63) is 33.4 Å². The molecule has 0 bridgehead atoms. The van der Waals surface area contributed by atoms with Gasteiger partial charge >= 0.3 is 18.2 Å². The number of hydrogen-bond donors (Lipinski definition) is 0. The third-order valence-electron chi connectivity index (χ3n) is 3.45. The minimum atomic E-state index is -4.57. The molecule has 0 N–H and O–H groups in total. The maximum Gasteiger partial charge on any atom is 0.417 e. The van der Waals surface area contributed by atoms with E-state index in [0.717, 1.165) is 17.7 Å². The molecule has 0 aromatic carbocycles. The van der Waals surface area contributed by atoms with E-state index in [0.29, 0.717) is 27.8 Å². The van der Waals surface area contributed by atoms with Gasteiger partial charge in [0.2, 0.25) is 17.2 Å². The van der Waals surface area contributed by atoms with E-state index >= 15 is 0 Å². The van der Waals surface area contributed by atoms with Crippen molar-refractivity contribution in [1.82, 2.24) is 19.6 Å². The number of thiazole rings is 1. The van der Waals surface area contributed by atoms with Gasteiger partial charge in [-0.25, -0.2) is 9.50 Å². The van der Waals surface area contributed by atoms with Crippen molar-refractivity contribution >= 4 is 40.3 Å². The molecular weight excluding hydrogens is 439 g/mol. The SMILES string of the molecule is CO/N=C/OC(=O)Cc1sc2nc(Oc3ncc(C(F)(F)F)cc3Cl)nn2c1C. The second-order valence-corrected chi connectivity index (χ2v) is 6.84. The number of halogens is 4. The molecule has 0 radical (unpaired) electrons. The Hall–Kier alpha value is -2.93. The predicted molar refractivity (Wildman–Crippen MR) is 95.2 cm³/mol. The zero-order chi connectivity index (χ0) is 21.2. The first-order chi connectivity index (χ1) is 13.7. The number of aromatic nitrogens is 4. The number of rotatable bonds is 6. The van der Waals surface area contributed by atoms with Gasteiger partial charge in [0.05, 0.1) is 17.7 Å². The molecule has 0 unspecified atom stereocenters. The molecule has 154 valence electrons. The quantitative estimate of drug-likeness (QED) is 0.245. The highest BCUT2D eigenvalue weighted by molar-refractivity contribution is 7.17. The molecule has 3 rings (SSSR count). The van der Waals surface area contributed by atoms with E-state index in [-0.39, 0.29) is 23.3 Å². The molecule has 0 aliphatic rings. The second kappa shape index (κ2) is 8.21. The number of hydrogen-bond acceptors (Lipinski definition) is 9. The Kier molecular flexibility index (Phi) is 5.88. The van der Waals surface area contributed by atoms with Gasteiger partial charge in [-0.1, -0.05) is 28.1 Å². The largest absolute Gasteiger partial charge is 0.417 e. The van der Waals surface area contributed by atoms with E-state index in [9.17, 15) is 18.0 Å². The van der Waals surface area contributed by atoms with Crippen molar-refractivity contribution in [1.29, 1.82) is 0 Å². The summed E-state index contributed by atoms with van der Waals surface area (Å²) in [6, 6.07) is 0.541. The standard InChI is InChI=1S/C15H11ClF3N5O4S/c1-7-10(4-11(25)27-6-21-26-2)29-14-22-13(23-24(7)14)28-12-9(16)3-8(5-20-12)15(17,18)19/h3,5-6H,4H2,1-2H3/b21-6+. The third kappa shape index (κ3) is 4.74. The Morgan fingerprint density at radius 2 is 2.21 bits per heavy atom. The van der Waals surface area contributed by atoms with Crippen molar-refractivity contribution in [3.63, 3.8) is 0 Å². The summed E-state index contributed by atoms with van der Waals surface area (Å²) >= 11 is 6.97. The molecule has 0 spiro atoms. The van der Waals surface area contributed by atoms with Crippen LogP contribution in [-0.4, -0.2) is 39.1 Å². The number of aryl methyl sites for hydroxylation is 1. The van der Waals surface area contributed by atoms with Gasteiger partial charge in [0.25, 0.3) is 0 Å². The number of carbonyl (C=O) groups is 1. The summed E-state index contributed by atoms with van der Waals surface area (Å²) in [6.07, 6.45) is -3.14. The lowest BCUT2D eigenvalue weighted by Gasteiger charge is -2.08. The smallest absolute Gasteiger partial charge is 0.411 e. The van der Waals surface area contributed by atoms with Crippen LogP contribution in [0.4, 0.5) is 13.2 Å². The van der Waals surface area contributed by atoms with Crippen molar-refractivity contribution in [3.8, 4) is 11.9 Å². The van der Waals surface area contributed by atoms with Crippen LogP contribution in [0.3, 0.4) is 0 Å². The molecule has 3 aromatic rings. The Morgan fingerprint density at radius 3 is 2.83 bits per heavy atom. The highest BCUT2D eigenvalue weighted by atomic mass is 35.5. The minimum absolute atomic E-state index is 0.0419. The number of carbonyl (C=O) groups excluding carboxylic acids is 1. The Labute approximate surface area is 169 Å². The van der Waals surface area contributed by atoms with Crippen molar-refractivity contribution in [2.45, 2.75) is 19.5 Å². The number of pyridine rings is 1. The molecule has 0 amide bonds. The monoisotopic (exact) mass is 449 g/mol. The summed E-state index contributed by atoms with van der Waals surface area (Å²) in [4.78, 5) is 24.8. The van der Waals surface area contributed by atoms with Gasteiger partial charge in [0, 0.05) is 11.1 Å². The second-order valence-electron chi connectivity index (χ2n) is 5.37. The maximum absolute atomic E-state index is 12.7. The number of oxime groups is 1. The molecule has 0 saturated carbocycles. The minimum Gasteiger partial charge on any atom is -0.411 e. The normalized spacial score (nSPS) is 11.9. The van der Waals surface area contributed by atoms with Crippen molar-refractivity contribution < 1.29 is 32.3 Å². The van der Waals surface area contributed by atoms with E-state index in [4.69, 9.17) is 21.1 Å². The van der Waals surface area contributed by atoms with Crippen molar-refractivity contribution in [2.75, 3.05) is 7.11 Å². The third-order valence-corrected chi connectivity index (χ3v) is 4.86. The average Bonchev–Trinajstić information content (AvgIpc) is 3.15. The fourth-order valence-corrected chi connectivity index (χ4v) is 3.35. The van der Waals surface area contributed by atoms with Crippen LogP contribution in [0.2, 0.25) is 5.02 Å². The average molecular weight is 450 g/mol. The summed E-state index contributed by atoms with van der Waals surface area (Å²) in [5, 5.41) is 7.06. The molecule has 14 heteroatoms. The lowest BCUT2D eigenvalue weighted by molar-refractivity contribution is -0.138. The van der Waals surface area contributed by atoms with Crippen LogP contribution in [0.1, 0.15) is 16.1 Å². The van der Waals surface area contributed by atoms with Gasteiger partial charge in [-0.05, 0) is 13.0 Å². The summed E-state index contributed by atoms with van der Waals surface area (Å²) < 4.78 is 49.5. The fraction of sp³-hybridized carbons (Fsp3) is 0.267. The molecule has 29 heavy (non-hydrogen) atoms. The summed E-state index contributed by atoms with van der Waals surface area (Å²) in [5.74, 6) is -0.826. The first-order valence-electron chi connectivity index (χ1n) is 7.69. The van der Waals surface area contributed by atoms with Gasteiger partial charge in [-0.15, -0.1) is 5.10 Å². The fourth-order valence-electron chi connectivity index (χ4n) is 2.11. The van der Waals surface area contributed by atoms with Gasteiger partial charge in [-0.3, -0.25) is 4.79 Å². The van der Waals surface area contributed by atoms with Crippen LogP contribution < -0.4 is 4.74 Å². The van der Waals surface area contributed by atoms with Gasteiger partial charge in [0.1, 0.15) is 12.1 Å². The van der Waals surface area contributed by atoms with E-state index < -0.39 is 17.7 Å². The van der Waals surface area contributed by atoms with Gasteiger partial charge in [0.15, 0.2) is 0 Å². The summed E-state index contributed by atoms with van der Waals surface area (Å²) in [6.45, 7) is 1.71. The maximum atomic E-state index is 12.7. The molecule has 0 aliphatic carbocycles. The number of esters is 1.